The lowest BCUT2D eigenvalue weighted by molar-refractivity contribution is 0.205. The molecule has 3 heteroatoms. The molecule has 1 fully saturated rings. The van der Waals surface area contributed by atoms with Gasteiger partial charge in [0.2, 0.25) is 0 Å². The molecule has 0 amide bonds. The summed E-state index contributed by atoms with van der Waals surface area (Å²) in [6.45, 7) is 0. The Kier molecular flexibility index (Phi) is 2.48. The highest BCUT2D eigenvalue weighted by Gasteiger charge is 2.28. The second kappa shape index (κ2) is 4.00. The first-order chi connectivity index (χ1) is 8.27. The zero-order valence-corrected chi connectivity index (χ0v) is 9.87. The van der Waals surface area contributed by atoms with Crippen LogP contribution in [0.2, 0.25) is 0 Å². The highest BCUT2D eigenvalue weighted by Crippen LogP contribution is 2.43. The molecule has 3 rings (SSSR count). The van der Waals surface area contributed by atoms with E-state index in [2.05, 4.69) is 11.1 Å². The van der Waals surface area contributed by atoms with Crippen molar-refractivity contribution < 1.29 is 5.11 Å². The third-order valence-electron chi connectivity index (χ3n) is 3.41. The smallest absolute Gasteiger partial charge is 0.142 e. The van der Waals surface area contributed by atoms with Crippen LogP contribution in [-0.2, 0) is 7.05 Å². The van der Waals surface area contributed by atoms with Gasteiger partial charge in [0.1, 0.15) is 11.9 Å². The maximum absolute atomic E-state index is 10.4. The summed E-state index contributed by atoms with van der Waals surface area (Å²) in [6.07, 6.45) is 5.44. The predicted octanol–water partition coefficient (Wildman–Crippen LogP) is 2.38. The van der Waals surface area contributed by atoms with Gasteiger partial charge in [-0.25, -0.2) is 4.98 Å². The fourth-order valence-corrected chi connectivity index (χ4v) is 2.31. The Morgan fingerprint density at radius 2 is 2.12 bits per heavy atom. The van der Waals surface area contributed by atoms with E-state index in [1.165, 1.54) is 18.4 Å². The molecule has 0 aliphatic heterocycles. The third kappa shape index (κ3) is 1.87. The molecule has 17 heavy (non-hydrogen) atoms. The van der Waals surface area contributed by atoms with Gasteiger partial charge in [0.05, 0.1) is 0 Å². The zero-order valence-electron chi connectivity index (χ0n) is 9.87. The molecule has 3 nitrogen and oxygen atoms in total. The van der Waals surface area contributed by atoms with E-state index in [1.807, 2.05) is 36.0 Å². The van der Waals surface area contributed by atoms with Gasteiger partial charge in [-0.05, 0) is 29.9 Å². The van der Waals surface area contributed by atoms with E-state index >= 15 is 0 Å². The van der Waals surface area contributed by atoms with Crippen LogP contribution in [0.5, 0.6) is 0 Å². The van der Waals surface area contributed by atoms with Gasteiger partial charge < -0.3 is 9.67 Å². The lowest BCUT2D eigenvalue weighted by atomic mass is 9.98. The SMILES string of the molecule is Cn1ccnc1C(O)c1ccccc1C1CC1. The molecule has 1 aliphatic carbocycles. The largest absolute Gasteiger partial charge is 0.380 e. The maximum atomic E-state index is 10.4. The van der Waals surface area contributed by atoms with E-state index in [4.69, 9.17) is 0 Å². The van der Waals surface area contributed by atoms with Crippen molar-refractivity contribution in [3.63, 3.8) is 0 Å². The van der Waals surface area contributed by atoms with Crippen LogP contribution in [0.4, 0.5) is 0 Å². The number of benzene rings is 1. The number of aromatic nitrogens is 2. The molecule has 1 N–H and O–H groups in total. The molecular formula is C14H16N2O. The van der Waals surface area contributed by atoms with Crippen molar-refractivity contribution in [2.75, 3.05) is 0 Å². The minimum absolute atomic E-state index is 0.619. The standard InChI is InChI=1S/C14H16N2O/c1-16-9-8-15-14(16)13(17)12-5-3-2-4-11(12)10-6-7-10/h2-5,8-10,13,17H,6-7H2,1H3. The molecule has 1 aromatic carbocycles. The number of aliphatic hydroxyl groups excluding tert-OH is 1. The molecule has 88 valence electrons. The first-order valence-electron chi connectivity index (χ1n) is 6.01. The quantitative estimate of drug-likeness (QED) is 0.875. The van der Waals surface area contributed by atoms with Crippen molar-refractivity contribution in [1.82, 2.24) is 9.55 Å². The Balaban J connectivity index is 2.01. The van der Waals surface area contributed by atoms with Gasteiger partial charge in [-0.3, -0.25) is 0 Å². The molecule has 1 aliphatic rings. The molecule has 0 spiro atoms. The topological polar surface area (TPSA) is 38.0 Å². The van der Waals surface area contributed by atoms with Gasteiger partial charge in [0, 0.05) is 19.4 Å². The fourth-order valence-electron chi connectivity index (χ4n) is 2.31. The number of rotatable bonds is 3. The summed E-state index contributed by atoms with van der Waals surface area (Å²) >= 11 is 0. The number of aryl methyl sites for hydroxylation is 1. The summed E-state index contributed by atoms with van der Waals surface area (Å²) in [4.78, 5) is 4.23. The highest BCUT2D eigenvalue weighted by atomic mass is 16.3. The second-order valence-corrected chi connectivity index (χ2v) is 4.70. The minimum atomic E-state index is -0.619. The van der Waals surface area contributed by atoms with E-state index in [1.54, 1.807) is 6.20 Å². The van der Waals surface area contributed by atoms with Crippen molar-refractivity contribution in [3.05, 3.63) is 53.6 Å². The van der Waals surface area contributed by atoms with Crippen LogP contribution in [0.1, 0.15) is 41.8 Å². The molecule has 0 radical (unpaired) electrons. The Morgan fingerprint density at radius 3 is 2.76 bits per heavy atom. The first-order valence-corrected chi connectivity index (χ1v) is 6.01. The molecule has 1 aromatic heterocycles. The van der Waals surface area contributed by atoms with Crippen molar-refractivity contribution in [2.45, 2.75) is 24.9 Å². The summed E-state index contributed by atoms with van der Waals surface area (Å²) in [5.41, 5.74) is 2.28. The summed E-state index contributed by atoms with van der Waals surface area (Å²) in [7, 11) is 1.91. The Hall–Kier alpha value is -1.61. The molecule has 1 saturated carbocycles. The van der Waals surface area contributed by atoms with Crippen LogP contribution in [0.25, 0.3) is 0 Å². The Morgan fingerprint density at radius 1 is 1.35 bits per heavy atom. The molecule has 2 aromatic rings. The van der Waals surface area contributed by atoms with Crippen LogP contribution in [-0.4, -0.2) is 14.7 Å². The van der Waals surface area contributed by atoms with Gasteiger partial charge in [0.15, 0.2) is 0 Å². The Labute approximate surface area is 101 Å². The lowest BCUT2D eigenvalue weighted by Crippen LogP contribution is -2.09. The van der Waals surface area contributed by atoms with E-state index in [0.29, 0.717) is 11.7 Å². The predicted molar refractivity (Wildman–Crippen MR) is 65.7 cm³/mol. The van der Waals surface area contributed by atoms with Crippen molar-refractivity contribution >= 4 is 0 Å². The number of nitrogens with zero attached hydrogens (tertiary/aromatic N) is 2. The van der Waals surface area contributed by atoms with Gasteiger partial charge in [-0.2, -0.15) is 0 Å². The number of imidazole rings is 1. The van der Waals surface area contributed by atoms with E-state index in [9.17, 15) is 5.11 Å². The van der Waals surface area contributed by atoms with E-state index in [-0.39, 0.29) is 0 Å². The normalized spacial score (nSPS) is 17.1. The van der Waals surface area contributed by atoms with Crippen molar-refractivity contribution in [3.8, 4) is 0 Å². The molecule has 1 unspecified atom stereocenters. The van der Waals surface area contributed by atoms with Crippen molar-refractivity contribution in [1.29, 1.82) is 0 Å². The fraction of sp³-hybridized carbons (Fsp3) is 0.357. The molecule has 0 saturated heterocycles. The Bertz CT molecular complexity index is 529. The first kappa shape index (κ1) is 10.5. The average molecular weight is 228 g/mol. The van der Waals surface area contributed by atoms with Crippen LogP contribution in [0.3, 0.4) is 0 Å². The number of aliphatic hydroxyl groups is 1. The van der Waals surface area contributed by atoms with Crippen LogP contribution < -0.4 is 0 Å². The number of hydrogen-bond acceptors (Lipinski definition) is 2. The second-order valence-electron chi connectivity index (χ2n) is 4.70. The lowest BCUT2D eigenvalue weighted by Gasteiger charge is -2.15. The van der Waals surface area contributed by atoms with Crippen molar-refractivity contribution in [2.24, 2.45) is 7.05 Å². The van der Waals surface area contributed by atoms with Crippen LogP contribution >= 0.6 is 0 Å². The molecular weight excluding hydrogens is 212 g/mol. The van der Waals surface area contributed by atoms with Gasteiger partial charge in [-0.15, -0.1) is 0 Å². The summed E-state index contributed by atoms with van der Waals surface area (Å²) in [5, 5.41) is 10.4. The minimum Gasteiger partial charge on any atom is -0.380 e. The molecule has 1 atom stereocenters. The average Bonchev–Trinajstić information content (AvgIpc) is 3.11. The van der Waals surface area contributed by atoms with Gasteiger partial charge in [0.25, 0.3) is 0 Å². The third-order valence-corrected chi connectivity index (χ3v) is 3.41. The van der Waals surface area contributed by atoms with Gasteiger partial charge >= 0.3 is 0 Å². The van der Waals surface area contributed by atoms with Gasteiger partial charge in [-0.1, -0.05) is 24.3 Å². The maximum Gasteiger partial charge on any atom is 0.142 e. The zero-order chi connectivity index (χ0) is 11.8. The molecule has 0 bridgehead atoms. The summed E-state index contributed by atoms with van der Waals surface area (Å²) in [5.74, 6) is 1.35. The molecule has 1 heterocycles. The van der Waals surface area contributed by atoms with Crippen LogP contribution in [0.15, 0.2) is 36.7 Å². The highest BCUT2D eigenvalue weighted by molar-refractivity contribution is 5.37. The monoisotopic (exact) mass is 228 g/mol. The van der Waals surface area contributed by atoms with Crippen LogP contribution in [0, 0.1) is 0 Å². The summed E-state index contributed by atoms with van der Waals surface area (Å²) in [6, 6.07) is 8.15. The summed E-state index contributed by atoms with van der Waals surface area (Å²) < 4.78 is 1.87. The van der Waals surface area contributed by atoms with E-state index in [0.717, 1.165) is 5.56 Å². The number of hydrogen-bond donors (Lipinski definition) is 1. The van der Waals surface area contributed by atoms with E-state index < -0.39 is 6.10 Å².